The van der Waals surface area contributed by atoms with E-state index in [-0.39, 0.29) is 11.9 Å². The number of ether oxygens (including phenoxy) is 1. The molecule has 3 rings (SSSR count). The molecule has 1 aromatic rings. The van der Waals surface area contributed by atoms with Gasteiger partial charge in [0.1, 0.15) is 0 Å². The number of carbonyl (C=O) groups is 1. The molecule has 1 unspecified atom stereocenters. The summed E-state index contributed by atoms with van der Waals surface area (Å²) in [6.45, 7) is 1.53. The predicted octanol–water partition coefficient (Wildman–Crippen LogP) is 2.26. The molecule has 3 N–H and O–H groups in total. The standard InChI is InChI=1S/C14H17ClN2O2/c15-11-7-12-9(6-13(18)17-12)5-10(11)14(16)8-1-3-19-4-2-8/h5,7-8,14H,1-4,6,16H2,(H,17,18). The van der Waals surface area contributed by atoms with E-state index in [9.17, 15) is 4.79 Å². The van der Waals surface area contributed by atoms with Gasteiger partial charge in [0, 0.05) is 30.0 Å². The van der Waals surface area contributed by atoms with Crippen LogP contribution < -0.4 is 11.1 Å². The Morgan fingerprint density at radius 2 is 2.11 bits per heavy atom. The molecule has 0 bridgehead atoms. The predicted molar refractivity (Wildman–Crippen MR) is 74.3 cm³/mol. The molecule has 5 heteroatoms. The zero-order valence-corrected chi connectivity index (χ0v) is 11.4. The van der Waals surface area contributed by atoms with Gasteiger partial charge in [-0.05, 0) is 36.0 Å². The molecule has 0 radical (unpaired) electrons. The first-order valence-corrected chi connectivity index (χ1v) is 6.98. The first kappa shape index (κ1) is 12.9. The summed E-state index contributed by atoms with van der Waals surface area (Å²) in [4.78, 5) is 11.4. The van der Waals surface area contributed by atoms with Crippen molar-refractivity contribution < 1.29 is 9.53 Å². The summed E-state index contributed by atoms with van der Waals surface area (Å²) in [6.07, 6.45) is 2.34. The minimum atomic E-state index is -0.0857. The van der Waals surface area contributed by atoms with Crippen molar-refractivity contribution in [1.29, 1.82) is 0 Å². The molecule has 4 nitrogen and oxygen atoms in total. The fraction of sp³-hybridized carbons (Fsp3) is 0.500. The Morgan fingerprint density at radius 1 is 1.37 bits per heavy atom. The summed E-state index contributed by atoms with van der Waals surface area (Å²) in [5.74, 6) is 0.414. The van der Waals surface area contributed by atoms with Gasteiger partial charge in [0.05, 0.1) is 6.42 Å². The van der Waals surface area contributed by atoms with Crippen molar-refractivity contribution >= 4 is 23.2 Å². The summed E-state index contributed by atoms with van der Waals surface area (Å²) >= 11 is 6.31. The third kappa shape index (κ3) is 2.48. The molecule has 2 aliphatic rings. The van der Waals surface area contributed by atoms with Gasteiger partial charge in [-0.1, -0.05) is 17.7 Å². The van der Waals surface area contributed by atoms with E-state index < -0.39 is 0 Å². The highest BCUT2D eigenvalue weighted by molar-refractivity contribution is 6.32. The molecule has 1 fully saturated rings. The zero-order valence-electron chi connectivity index (χ0n) is 10.6. The summed E-state index contributed by atoms with van der Waals surface area (Å²) in [5, 5.41) is 3.44. The van der Waals surface area contributed by atoms with Crippen LogP contribution in [0.15, 0.2) is 12.1 Å². The molecule has 0 saturated carbocycles. The highest BCUT2D eigenvalue weighted by atomic mass is 35.5. The molecule has 0 spiro atoms. The normalized spacial score (nSPS) is 21.1. The number of nitrogens with one attached hydrogen (secondary N) is 1. The van der Waals surface area contributed by atoms with Crippen molar-refractivity contribution in [2.75, 3.05) is 18.5 Å². The number of fused-ring (bicyclic) bond motifs is 1. The lowest BCUT2D eigenvalue weighted by molar-refractivity contribution is -0.115. The second-order valence-electron chi connectivity index (χ2n) is 5.23. The van der Waals surface area contributed by atoms with Crippen molar-refractivity contribution in [2.24, 2.45) is 11.7 Å². The van der Waals surface area contributed by atoms with E-state index in [1.165, 1.54) is 0 Å². The average Bonchev–Trinajstić information content (AvgIpc) is 2.77. The molecule has 1 atom stereocenters. The molecular formula is C14H17ClN2O2. The van der Waals surface area contributed by atoms with Crippen LogP contribution in [0.4, 0.5) is 5.69 Å². The van der Waals surface area contributed by atoms with Gasteiger partial charge in [-0.2, -0.15) is 0 Å². The summed E-state index contributed by atoms with van der Waals surface area (Å²) in [7, 11) is 0. The average molecular weight is 281 g/mol. The van der Waals surface area contributed by atoms with Crippen LogP contribution >= 0.6 is 11.6 Å². The van der Waals surface area contributed by atoms with E-state index in [1.807, 2.05) is 12.1 Å². The molecule has 2 aliphatic heterocycles. The smallest absolute Gasteiger partial charge is 0.228 e. The lowest BCUT2D eigenvalue weighted by atomic mass is 9.87. The Bertz CT molecular complexity index is 512. The Balaban J connectivity index is 1.88. The summed E-state index contributed by atoms with van der Waals surface area (Å²) < 4.78 is 5.36. The summed E-state index contributed by atoms with van der Waals surface area (Å²) in [6, 6.07) is 3.71. The maximum Gasteiger partial charge on any atom is 0.228 e. The third-order valence-electron chi connectivity index (χ3n) is 3.98. The molecule has 2 heterocycles. The van der Waals surface area contributed by atoms with E-state index in [4.69, 9.17) is 22.1 Å². The first-order valence-electron chi connectivity index (χ1n) is 6.60. The van der Waals surface area contributed by atoms with E-state index in [0.29, 0.717) is 17.4 Å². The number of hydrogen-bond acceptors (Lipinski definition) is 3. The van der Waals surface area contributed by atoms with Crippen molar-refractivity contribution in [3.8, 4) is 0 Å². The lowest BCUT2D eigenvalue weighted by Gasteiger charge is -2.28. The number of amides is 1. The molecular weight excluding hydrogens is 264 g/mol. The number of halogens is 1. The summed E-state index contributed by atoms with van der Waals surface area (Å²) in [5.41, 5.74) is 9.11. The van der Waals surface area contributed by atoms with Crippen molar-refractivity contribution in [1.82, 2.24) is 0 Å². The van der Waals surface area contributed by atoms with Gasteiger partial charge in [0.25, 0.3) is 0 Å². The number of hydrogen-bond donors (Lipinski definition) is 2. The molecule has 19 heavy (non-hydrogen) atoms. The van der Waals surface area contributed by atoms with Crippen LogP contribution in [-0.2, 0) is 16.0 Å². The van der Waals surface area contributed by atoms with Crippen LogP contribution in [0.25, 0.3) is 0 Å². The maximum absolute atomic E-state index is 11.4. The van der Waals surface area contributed by atoms with Gasteiger partial charge in [-0.3, -0.25) is 4.79 Å². The minimum absolute atomic E-state index is 0.0165. The van der Waals surface area contributed by atoms with Crippen LogP contribution in [0, 0.1) is 5.92 Å². The van der Waals surface area contributed by atoms with Gasteiger partial charge in [0.2, 0.25) is 5.91 Å². The number of rotatable bonds is 2. The molecule has 0 aliphatic carbocycles. The van der Waals surface area contributed by atoms with Crippen LogP contribution in [-0.4, -0.2) is 19.1 Å². The SMILES string of the molecule is NC(c1cc2c(cc1Cl)NC(=O)C2)C1CCOCC1. The van der Waals surface area contributed by atoms with Crippen LogP contribution in [0.5, 0.6) is 0 Å². The van der Waals surface area contributed by atoms with Gasteiger partial charge in [0.15, 0.2) is 0 Å². The fourth-order valence-electron chi connectivity index (χ4n) is 2.85. The number of nitrogens with two attached hydrogens (primary N) is 1. The molecule has 1 saturated heterocycles. The van der Waals surface area contributed by atoms with Crippen molar-refractivity contribution in [2.45, 2.75) is 25.3 Å². The Morgan fingerprint density at radius 3 is 2.84 bits per heavy atom. The van der Waals surface area contributed by atoms with E-state index >= 15 is 0 Å². The van der Waals surface area contributed by atoms with Crippen LogP contribution in [0.2, 0.25) is 5.02 Å². The van der Waals surface area contributed by atoms with Gasteiger partial charge < -0.3 is 15.8 Å². The molecule has 1 amide bonds. The Kier molecular flexibility index (Phi) is 3.48. The molecule has 1 aromatic carbocycles. The Labute approximate surface area is 117 Å². The quantitative estimate of drug-likeness (QED) is 0.873. The second-order valence-corrected chi connectivity index (χ2v) is 5.64. The van der Waals surface area contributed by atoms with Gasteiger partial charge in [-0.25, -0.2) is 0 Å². The lowest BCUT2D eigenvalue weighted by Crippen LogP contribution is -2.27. The second kappa shape index (κ2) is 5.12. The Hall–Kier alpha value is -1.10. The minimum Gasteiger partial charge on any atom is -0.381 e. The first-order chi connectivity index (χ1) is 9.15. The van der Waals surface area contributed by atoms with E-state index in [1.54, 1.807) is 0 Å². The topological polar surface area (TPSA) is 64.3 Å². The van der Waals surface area contributed by atoms with E-state index in [2.05, 4.69) is 5.32 Å². The van der Waals surface area contributed by atoms with Gasteiger partial charge >= 0.3 is 0 Å². The van der Waals surface area contributed by atoms with Crippen LogP contribution in [0.1, 0.15) is 30.0 Å². The highest BCUT2D eigenvalue weighted by Crippen LogP contribution is 2.36. The number of anilines is 1. The maximum atomic E-state index is 11.4. The number of carbonyl (C=O) groups excluding carboxylic acids is 1. The molecule has 102 valence electrons. The van der Waals surface area contributed by atoms with Crippen LogP contribution in [0.3, 0.4) is 0 Å². The zero-order chi connectivity index (χ0) is 13.4. The third-order valence-corrected chi connectivity index (χ3v) is 4.31. The molecule has 0 aromatic heterocycles. The van der Waals surface area contributed by atoms with Gasteiger partial charge in [-0.15, -0.1) is 0 Å². The fourth-order valence-corrected chi connectivity index (χ4v) is 3.14. The van der Waals surface area contributed by atoms with E-state index in [0.717, 1.165) is 42.9 Å². The largest absolute Gasteiger partial charge is 0.381 e. The highest BCUT2D eigenvalue weighted by Gasteiger charge is 2.26. The monoisotopic (exact) mass is 280 g/mol. The van der Waals surface area contributed by atoms with Crippen molar-refractivity contribution in [3.05, 3.63) is 28.3 Å². The van der Waals surface area contributed by atoms with Crippen molar-refractivity contribution in [3.63, 3.8) is 0 Å². The number of benzene rings is 1.